The molecule has 1 saturated heterocycles. The van der Waals surface area contributed by atoms with Crippen molar-refractivity contribution in [3.8, 4) is 6.07 Å². The zero-order valence-electron chi connectivity index (χ0n) is 11.8. The maximum Gasteiger partial charge on any atom is 0.235 e. The highest BCUT2D eigenvalue weighted by atomic mass is 16.2. The summed E-state index contributed by atoms with van der Waals surface area (Å²) in [6.07, 6.45) is 1.07. The third kappa shape index (κ3) is 3.69. The number of likely N-dealkylation sites (tertiary alicyclic amines) is 1. The van der Waals surface area contributed by atoms with Gasteiger partial charge in [-0.05, 0) is 26.3 Å². The summed E-state index contributed by atoms with van der Waals surface area (Å²) < 4.78 is 0. The van der Waals surface area contributed by atoms with Crippen LogP contribution < -0.4 is 10.6 Å². The van der Waals surface area contributed by atoms with Crippen LogP contribution in [-0.2, 0) is 4.79 Å². The fraction of sp³-hybridized carbons (Fsp3) is 0.846. The normalized spacial score (nSPS) is 23.7. The number of amides is 1. The lowest BCUT2D eigenvalue weighted by Crippen LogP contribution is -2.51. The Balaban J connectivity index is 2.45. The van der Waals surface area contributed by atoms with Gasteiger partial charge < -0.3 is 10.6 Å². The summed E-state index contributed by atoms with van der Waals surface area (Å²) in [5, 5.41) is 15.2. The average molecular weight is 252 g/mol. The van der Waals surface area contributed by atoms with Gasteiger partial charge in [0.2, 0.25) is 5.91 Å². The van der Waals surface area contributed by atoms with Gasteiger partial charge in [-0.15, -0.1) is 0 Å². The molecular formula is C13H24N4O. The van der Waals surface area contributed by atoms with E-state index in [1.54, 1.807) is 6.92 Å². The Morgan fingerprint density at radius 2 is 2.28 bits per heavy atom. The molecule has 2 unspecified atom stereocenters. The number of nitrogens with zero attached hydrogens (tertiary/aromatic N) is 2. The largest absolute Gasteiger partial charge is 0.337 e. The van der Waals surface area contributed by atoms with Gasteiger partial charge in [0.05, 0.1) is 12.6 Å². The van der Waals surface area contributed by atoms with E-state index in [4.69, 9.17) is 5.26 Å². The zero-order valence-corrected chi connectivity index (χ0v) is 11.8. The molecule has 0 aliphatic carbocycles. The smallest absolute Gasteiger partial charge is 0.235 e. The molecule has 1 fully saturated rings. The Kier molecular flexibility index (Phi) is 5.12. The van der Waals surface area contributed by atoms with Gasteiger partial charge in [-0.1, -0.05) is 13.8 Å². The van der Waals surface area contributed by atoms with Crippen molar-refractivity contribution >= 4 is 5.91 Å². The quantitative estimate of drug-likeness (QED) is 0.740. The second-order valence-corrected chi connectivity index (χ2v) is 5.53. The standard InChI is InChI=1S/C13H24N4O/c1-10(2)13(3,9-14)16-12(18)8-17-6-5-11(7-17)15-4/h10-11,15H,5-8H2,1-4H3,(H,16,18). The van der Waals surface area contributed by atoms with Crippen molar-refractivity contribution in [2.45, 2.75) is 38.8 Å². The van der Waals surface area contributed by atoms with Crippen LogP contribution in [0.2, 0.25) is 0 Å². The van der Waals surface area contributed by atoms with Gasteiger partial charge in [-0.25, -0.2) is 0 Å². The number of carbonyl (C=O) groups is 1. The van der Waals surface area contributed by atoms with Crippen molar-refractivity contribution in [2.75, 3.05) is 26.7 Å². The molecule has 1 aliphatic heterocycles. The van der Waals surface area contributed by atoms with E-state index >= 15 is 0 Å². The molecule has 2 N–H and O–H groups in total. The van der Waals surface area contributed by atoms with Crippen LogP contribution in [0.5, 0.6) is 0 Å². The van der Waals surface area contributed by atoms with Gasteiger partial charge >= 0.3 is 0 Å². The van der Waals surface area contributed by atoms with Gasteiger partial charge in [-0.2, -0.15) is 5.26 Å². The van der Waals surface area contributed by atoms with Crippen LogP contribution >= 0.6 is 0 Å². The first kappa shape index (κ1) is 14.9. The number of likely N-dealkylation sites (N-methyl/N-ethyl adjacent to an activating group) is 1. The molecule has 18 heavy (non-hydrogen) atoms. The van der Waals surface area contributed by atoms with Crippen LogP contribution in [0.15, 0.2) is 0 Å². The minimum atomic E-state index is -0.779. The molecule has 0 bridgehead atoms. The Labute approximate surface area is 110 Å². The summed E-state index contributed by atoms with van der Waals surface area (Å²) in [5.74, 6) is 0.0274. The Hall–Kier alpha value is -1.12. The molecule has 1 rings (SSSR count). The summed E-state index contributed by atoms with van der Waals surface area (Å²) in [6, 6.07) is 2.67. The fourth-order valence-corrected chi connectivity index (χ4v) is 2.05. The van der Waals surface area contributed by atoms with E-state index in [-0.39, 0.29) is 11.8 Å². The molecule has 0 aromatic carbocycles. The van der Waals surface area contributed by atoms with E-state index in [1.165, 1.54) is 0 Å². The van der Waals surface area contributed by atoms with Crippen molar-refractivity contribution < 1.29 is 4.79 Å². The molecule has 0 saturated carbocycles. The minimum Gasteiger partial charge on any atom is -0.337 e. The van der Waals surface area contributed by atoms with Crippen LogP contribution in [0, 0.1) is 17.2 Å². The Morgan fingerprint density at radius 3 is 2.72 bits per heavy atom. The first-order valence-corrected chi connectivity index (χ1v) is 6.53. The molecule has 0 spiro atoms. The molecule has 0 aromatic rings. The molecule has 102 valence electrons. The number of nitrogens with one attached hydrogen (secondary N) is 2. The van der Waals surface area contributed by atoms with Crippen molar-refractivity contribution in [3.05, 3.63) is 0 Å². The number of rotatable bonds is 5. The van der Waals surface area contributed by atoms with E-state index in [9.17, 15) is 4.79 Å². The van der Waals surface area contributed by atoms with Crippen molar-refractivity contribution in [1.82, 2.24) is 15.5 Å². The highest BCUT2D eigenvalue weighted by molar-refractivity contribution is 5.79. The predicted octanol–water partition coefficient (Wildman–Crippen LogP) is 0.335. The second-order valence-electron chi connectivity index (χ2n) is 5.53. The predicted molar refractivity (Wildman–Crippen MR) is 70.9 cm³/mol. The maximum atomic E-state index is 11.9. The summed E-state index contributed by atoms with van der Waals surface area (Å²) in [5.41, 5.74) is -0.779. The van der Waals surface area contributed by atoms with Gasteiger partial charge in [0, 0.05) is 19.1 Å². The molecule has 1 aliphatic rings. The summed E-state index contributed by atoms with van der Waals surface area (Å²) in [7, 11) is 1.94. The van der Waals surface area contributed by atoms with Gasteiger partial charge in [0.25, 0.3) is 0 Å². The summed E-state index contributed by atoms with van der Waals surface area (Å²) in [6.45, 7) is 7.86. The number of hydrogen-bond acceptors (Lipinski definition) is 4. The van der Waals surface area contributed by atoms with Crippen LogP contribution in [-0.4, -0.2) is 49.1 Å². The van der Waals surface area contributed by atoms with Gasteiger partial charge in [-0.3, -0.25) is 9.69 Å². The molecular weight excluding hydrogens is 228 g/mol. The van der Waals surface area contributed by atoms with Crippen LogP contribution in [0.1, 0.15) is 27.2 Å². The van der Waals surface area contributed by atoms with Crippen LogP contribution in [0.25, 0.3) is 0 Å². The zero-order chi connectivity index (χ0) is 13.8. The third-order valence-corrected chi connectivity index (χ3v) is 3.83. The molecule has 5 heteroatoms. The van der Waals surface area contributed by atoms with E-state index in [2.05, 4.69) is 21.6 Å². The van der Waals surface area contributed by atoms with E-state index in [1.807, 2.05) is 20.9 Å². The lowest BCUT2D eigenvalue weighted by atomic mass is 9.90. The summed E-state index contributed by atoms with van der Waals surface area (Å²) >= 11 is 0. The van der Waals surface area contributed by atoms with Gasteiger partial charge in [0.1, 0.15) is 5.54 Å². The van der Waals surface area contributed by atoms with Crippen molar-refractivity contribution in [1.29, 1.82) is 5.26 Å². The average Bonchev–Trinajstić information content (AvgIpc) is 2.76. The molecule has 5 nitrogen and oxygen atoms in total. The van der Waals surface area contributed by atoms with E-state index < -0.39 is 5.54 Å². The first-order chi connectivity index (χ1) is 8.41. The Morgan fingerprint density at radius 1 is 1.61 bits per heavy atom. The van der Waals surface area contributed by atoms with E-state index in [0.29, 0.717) is 12.6 Å². The monoisotopic (exact) mass is 252 g/mol. The molecule has 2 atom stereocenters. The highest BCUT2D eigenvalue weighted by Crippen LogP contribution is 2.15. The SMILES string of the molecule is CNC1CCN(CC(=O)NC(C)(C#N)C(C)C)C1. The third-order valence-electron chi connectivity index (χ3n) is 3.83. The van der Waals surface area contributed by atoms with Crippen molar-refractivity contribution in [2.24, 2.45) is 5.92 Å². The van der Waals surface area contributed by atoms with Crippen molar-refractivity contribution in [3.63, 3.8) is 0 Å². The molecule has 0 radical (unpaired) electrons. The Bertz CT molecular complexity index is 336. The molecule has 1 heterocycles. The van der Waals surface area contributed by atoms with Gasteiger partial charge in [0.15, 0.2) is 0 Å². The topological polar surface area (TPSA) is 68.2 Å². The first-order valence-electron chi connectivity index (χ1n) is 6.53. The van der Waals surface area contributed by atoms with E-state index in [0.717, 1.165) is 19.5 Å². The van der Waals surface area contributed by atoms with Crippen LogP contribution in [0.3, 0.4) is 0 Å². The summed E-state index contributed by atoms with van der Waals surface area (Å²) in [4.78, 5) is 14.1. The molecule has 1 amide bonds. The maximum absolute atomic E-state index is 11.9. The second kappa shape index (κ2) is 6.17. The number of hydrogen-bond donors (Lipinski definition) is 2. The number of nitriles is 1. The fourth-order valence-electron chi connectivity index (χ4n) is 2.05. The van der Waals surface area contributed by atoms with Crippen LogP contribution in [0.4, 0.5) is 0 Å². The lowest BCUT2D eigenvalue weighted by Gasteiger charge is -2.28. The molecule has 0 aromatic heterocycles. The highest BCUT2D eigenvalue weighted by Gasteiger charge is 2.31. The minimum absolute atomic E-state index is 0.0653. The lowest BCUT2D eigenvalue weighted by molar-refractivity contribution is -0.123. The number of carbonyl (C=O) groups excluding carboxylic acids is 1.